The Morgan fingerprint density at radius 2 is 2.16 bits per heavy atom. The van der Waals surface area contributed by atoms with Gasteiger partial charge in [-0.15, -0.1) is 11.3 Å². The van der Waals surface area contributed by atoms with Gasteiger partial charge >= 0.3 is 0 Å². The minimum Gasteiger partial charge on any atom is -0.484 e. The third kappa shape index (κ3) is 4.97. The molecule has 1 saturated heterocycles. The zero-order valence-corrected chi connectivity index (χ0v) is 16.0. The van der Waals surface area contributed by atoms with Crippen molar-refractivity contribution < 1.29 is 14.4 Å². The van der Waals surface area contributed by atoms with Crippen LogP contribution < -0.4 is 15.0 Å². The molecule has 2 N–H and O–H groups in total. The number of nitrogens with one attached hydrogen (secondary N) is 2. The normalized spacial score (nSPS) is 15.9. The van der Waals surface area contributed by atoms with Gasteiger partial charge in [0.05, 0.1) is 24.5 Å². The molecule has 2 aromatic rings. The van der Waals surface area contributed by atoms with Crippen LogP contribution in [0.5, 0.6) is 5.75 Å². The quantitative estimate of drug-likeness (QED) is 0.776. The van der Waals surface area contributed by atoms with Gasteiger partial charge in [-0.2, -0.15) is 0 Å². The molecule has 3 rings (SSSR count). The fraction of sp³-hybridized carbons (Fsp3) is 0.421. The topological polar surface area (TPSA) is 42.8 Å². The molecule has 1 aliphatic heterocycles. The molecule has 0 saturated carbocycles. The first-order chi connectivity index (χ1) is 12.1. The number of benzene rings is 1. The van der Waals surface area contributed by atoms with Gasteiger partial charge in [0.15, 0.2) is 6.61 Å². The van der Waals surface area contributed by atoms with Crippen molar-refractivity contribution >= 4 is 28.8 Å². The zero-order valence-electron chi connectivity index (χ0n) is 14.4. The summed E-state index contributed by atoms with van der Waals surface area (Å²) in [4.78, 5) is 15.1. The van der Waals surface area contributed by atoms with Crippen LogP contribution in [-0.4, -0.2) is 32.1 Å². The maximum atomic E-state index is 12.2. The van der Waals surface area contributed by atoms with Gasteiger partial charge in [0.2, 0.25) is 0 Å². The van der Waals surface area contributed by atoms with Gasteiger partial charge in [0, 0.05) is 17.9 Å². The van der Waals surface area contributed by atoms with Crippen molar-refractivity contribution in [3.8, 4) is 5.75 Å². The lowest BCUT2D eigenvalue weighted by Gasteiger charge is -2.24. The molecule has 1 fully saturated rings. The van der Waals surface area contributed by atoms with E-state index in [1.165, 1.54) is 30.8 Å². The molecule has 1 aliphatic rings. The molecule has 0 spiro atoms. The molecule has 0 radical (unpaired) electrons. The van der Waals surface area contributed by atoms with Crippen LogP contribution in [0.2, 0.25) is 5.02 Å². The summed E-state index contributed by atoms with van der Waals surface area (Å²) in [6.45, 7) is 4.95. The smallest absolute Gasteiger partial charge is 0.258 e. The Kier molecular flexibility index (Phi) is 6.34. The molecule has 6 heteroatoms. The van der Waals surface area contributed by atoms with Crippen molar-refractivity contribution in [3.05, 3.63) is 51.2 Å². The van der Waals surface area contributed by atoms with Gasteiger partial charge < -0.3 is 15.0 Å². The molecule has 134 valence electrons. The fourth-order valence-electron chi connectivity index (χ4n) is 3.24. The Hall–Kier alpha value is -1.56. The number of hydrogen-bond acceptors (Lipinski definition) is 3. The van der Waals surface area contributed by atoms with Crippen LogP contribution in [-0.2, 0) is 4.79 Å². The monoisotopic (exact) mass is 379 g/mol. The van der Waals surface area contributed by atoms with Crippen molar-refractivity contribution in [2.45, 2.75) is 25.8 Å². The van der Waals surface area contributed by atoms with Gasteiger partial charge in [-0.05, 0) is 42.1 Å². The van der Waals surface area contributed by atoms with E-state index < -0.39 is 0 Å². The van der Waals surface area contributed by atoms with E-state index in [1.54, 1.807) is 28.4 Å². The van der Waals surface area contributed by atoms with Gasteiger partial charge in [-0.25, -0.2) is 0 Å². The molecule has 1 aromatic carbocycles. The molecule has 1 atom stereocenters. The van der Waals surface area contributed by atoms with E-state index in [-0.39, 0.29) is 12.5 Å². The molecule has 1 aromatic heterocycles. The lowest BCUT2D eigenvalue weighted by Crippen LogP contribution is -3.11. The fourth-order valence-corrected chi connectivity index (χ4v) is 4.24. The SMILES string of the molecule is Cc1cc(OCC(=O)NC[C@@H](c2cccs2)[NH+]2CCCC2)ccc1Cl. The van der Waals surface area contributed by atoms with E-state index >= 15 is 0 Å². The average Bonchev–Trinajstić information content (AvgIpc) is 3.30. The zero-order chi connectivity index (χ0) is 17.6. The number of thiophene rings is 1. The minimum absolute atomic E-state index is 0.0214. The minimum atomic E-state index is -0.0900. The predicted octanol–water partition coefficient (Wildman–Crippen LogP) is 2.62. The number of likely N-dealkylation sites (tertiary alicyclic amines) is 1. The lowest BCUT2D eigenvalue weighted by atomic mass is 10.2. The molecule has 0 unspecified atom stereocenters. The molecule has 1 amide bonds. The third-order valence-corrected chi connectivity index (χ3v) is 6.04. The molecular formula is C19H24ClN2O2S+. The second-order valence-corrected chi connectivity index (χ2v) is 7.82. The van der Waals surface area contributed by atoms with Crippen molar-refractivity contribution in [2.75, 3.05) is 26.2 Å². The number of halogens is 1. The number of carbonyl (C=O) groups is 1. The molecule has 0 aliphatic carbocycles. The standard InChI is InChI=1S/C19H23ClN2O2S/c1-14-11-15(6-7-16(14)20)24-13-19(23)21-12-17(18-5-4-10-25-18)22-8-2-3-9-22/h4-7,10-11,17H,2-3,8-9,12-13H2,1H3,(H,21,23)/p+1/t17-/m0/s1. The van der Waals surface area contributed by atoms with Crippen molar-refractivity contribution in [2.24, 2.45) is 0 Å². The number of rotatable bonds is 7. The Morgan fingerprint density at radius 3 is 2.84 bits per heavy atom. The number of aryl methyl sites for hydroxylation is 1. The molecule has 0 bridgehead atoms. The predicted molar refractivity (Wildman–Crippen MR) is 102 cm³/mol. The van der Waals surface area contributed by atoms with Gasteiger partial charge in [0.25, 0.3) is 5.91 Å². The highest BCUT2D eigenvalue weighted by Crippen LogP contribution is 2.21. The highest BCUT2D eigenvalue weighted by Gasteiger charge is 2.28. The van der Waals surface area contributed by atoms with E-state index in [9.17, 15) is 4.79 Å². The highest BCUT2D eigenvalue weighted by molar-refractivity contribution is 7.10. The average molecular weight is 380 g/mol. The van der Waals surface area contributed by atoms with Crippen molar-refractivity contribution in [3.63, 3.8) is 0 Å². The van der Waals surface area contributed by atoms with Crippen LogP contribution >= 0.6 is 22.9 Å². The maximum Gasteiger partial charge on any atom is 0.258 e. The Morgan fingerprint density at radius 1 is 1.36 bits per heavy atom. The summed E-state index contributed by atoms with van der Waals surface area (Å²) in [5.41, 5.74) is 0.940. The van der Waals surface area contributed by atoms with Crippen LogP contribution in [0.15, 0.2) is 35.7 Å². The van der Waals surface area contributed by atoms with E-state index in [2.05, 4.69) is 22.8 Å². The number of carbonyl (C=O) groups excluding carboxylic acids is 1. The van der Waals surface area contributed by atoms with Gasteiger partial charge in [-0.3, -0.25) is 4.79 Å². The maximum absolute atomic E-state index is 12.2. The van der Waals surface area contributed by atoms with Gasteiger partial charge in [0.1, 0.15) is 11.8 Å². The van der Waals surface area contributed by atoms with Crippen LogP contribution in [0.3, 0.4) is 0 Å². The first-order valence-corrected chi connectivity index (χ1v) is 9.93. The second kappa shape index (κ2) is 8.70. The summed E-state index contributed by atoms with van der Waals surface area (Å²) in [5.74, 6) is 0.574. The van der Waals surface area contributed by atoms with Crippen LogP contribution in [0.1, 0.15) is 29.3 Å². The number of hydrogen-bond donors (Lipinski definition) is 2. The molecular weight excluding hydrogens is 356 g/mol. The Bertz CT molecular complexity index is 699. The summed E-state index contributed by atoms with van der Waals surface area (Å²) >= 11 is 7.77. The molecule has 4 nitrogen and oxygen atoms in total. The van der Waals surface area contributed by atoms with Crippen LogP contribution in [0.4, 0.5) is 0 Å². The van der Waals surface area contributed by atoms with Crippen molar-refractivity contribution in [1.82, 2.24) is 5.32 Å². The summed E-state index contributed by atoms with van der Waals surface area (Å²) < 4.78 is 5.58. The summed E-state index contributed by atoms with van der Waals surface area (Å²) in [6.07, 6.45) is 2.54. The molecule has 2 heterocycles. The van der Waals surface area contributed by atoms with Crippen LogP contribution in [0, 0.1) is 6.92 Å². The van der Waals surface area contributed by atoms with Crippen molar-refractivity contribution in [1.29, 1.82) is 0 Å². The van der Waals surface area contributed by atoms with E-state index in [4.69, 9.17) is 16.3 Å². The summed E-state index contributed by atoms with van der Waals surface area (Å²) in [7, 11) is 0. The van der Waals surface area contributed by atoms with E-state index in [1.807, 2.05) is 13.0 Å². The largest absolute Gasteiger partial charge is 0.484 e. The number of amides is 1. The summed E-state index contributed by atoms with van der Waals surface area (Å²) in [5, 5.41) is 5.84. The highest BCUT2D eigenvalue weighted by atomic mass is 35.5. The number of quaternary nitrogens is 1. The third-order valence-electron chi connectivity index (χ3n) is 4.63. The lowest BCUT2D eigenvalue weighted by molar-refractivity contribution is -0.918. The van der Waals surface area contributed by atoms with E-state index in [0.717, 1.165) is 5.56 Å². The number of ether oxygens (including phenoxy) is 1. The van der Waals surface area contributed by atoms with E-state index in [0.29, 0.717) is 23.4 Å². The Balaban J connectivity index is 1.51. The van der Waals surface area contributed by atoms with Crippen LogP contribution in [0.25, 0.3) is 0 Å². The molecule has 25 heavy (non-hydrogen) atoms. The second-order valence-electron chi connectivity index (χ2n) is 6.44. The van der Waals surface area contributed by atoms with Gasteiger partial charge in [-0.1, -0.05) is 17.7 Å². The first kappa shape index (κ1) is 18.2. The Labute approximate surface area is 157 Å². The summed E-state index contributed by atoms with van der Waals surface area (Å²) in [6, 6.07) is 10.00. The first-order valence-electron chi connectivity index (χ1n) is 8.67.